The minimum Gasteiger partial charge on any atom is -0.347 e. The number of fused-ring (bicyclic) bond motifs is 1. The van der Waals surface area contributed by atoms with Crippen molar-refractivity contribution in [1.29, 1.82) is 0 Å². The lowest BCUT2D eigenvalue weighted by atomic mass is 10.3. The van der Waals surface area contributed by atoms with Crippen molar-refractivity contribution >= 4 is 11.2 Å². The molecule has 0 aliphatic rings. The van der Waals surface area contributed by atoms with E-state index in [-0.39, 0.29) is 5.69 Å². The Morgan fingerprint density at radius 1 is 1.46 bits per heavy atom. The molecule has 5 nitrogen and oxygen atoms in total. The van der Waals surface area contributed by atoms with Crippen LogP contribution in [0.4, 0.5) is 4.39 Å². The highest BCUT2D eigenvalue weighted by atomic mass is 19.1. The van der Waals surface area contributed by atoms with E-state index in [4.69, 9.17) is 0 Å². The van der Waals surface area contributed by atoms with Gasteiger partial charge in [-0.2, -0.15) is 0 Å². The van der Waals surface area contributed by atoms with E-state index in [9.17, 15) is 4.39 Å². The summed E-state index contributed by atoms with van der Waals surface area (Å²) < 4.78 is 17.6. The van der Waals surface area contributed by atoms with Gasteiger partial charge >= 0.3 is 0 Å². The molecule has 0 aliphatic carbocycles. The second kappa shape index (κ2) is 3.06. The summed E-state index contributed by atoms with van der Waals surface area (Å²) in [6, 6.07) is 0. The number of imidazole rings is 1. The molecule has 1 N–H and O–H groups in total. The van der Waals surface area contributed by atoms with Gasteiger partial charge in [0.1, 0.15) is 17.5 Å². The molecular formula is C7H7FN4O. The van der Waals surface area contributed by atoms with Crippen LogP contribution < -0.4 is 0 Å². The van der Waals surface area contributed by atoms with Crippen LogP contribution in [0.5, 0.6) is 0 Å². The molecule has 0 amide bonds. The lowest BCUT2D eigenvalue weighted by molar-refractivity contribution is -0.00887. The number of nitrogens with zero attached hydrogens (tertiary/aromatic N) is 3. The highest BCUT2D eigenvalue weighted by Gasteiger charge is 2.15. The summed E-state index contributed by atoms with van der Waals surface area (Å²) in [5.41, 5.74) is 1.08. The SMILES string of the molecule is COC(F)c1ncnc2nc[nH]c12. The Hall–Kier alpha value is -1.56. The third kappa shape index (κ3) is 1.25. The van der Waals surface area contributed by atoms with Crippen LogP contribution >= 0.6 is 0 Å². The molecule has 1 atom stereocenters. The number of aromatic nitrogens is 4. The van der Waals surface area contributed by atoms with E-state index in [0.29, 0.717) is 11.2 Å². The predicted octanol–water partition coefficient (Wildman–Crippen LogP) is 0.967. The molecule has 68 valence electrons. The van der Waals surface area contributed by atoms with Gasteiger partial charge in [0.2, 0.25) is 6.36 Å². The Morgan fingerprint density at radius 3 is 3.08 bits per heavy atom. The molecule has 2 rings (SSSR count). The molecule has 0 aromatic carbocycles. The molecule has 0 radical (unpaired) electrons. The monoisotopic (exact) mass is 182 g/mol. The molecule has 1 unspecified atom stereocenters. The molecule has 0 aliphatic heterocycles. The van der Waals surface area contributed by atoms with Crippen LogP contribution in [0.15, 0.2) is 12.7 Å². The smallest absolute Gasteiger partial charge is 0.244 e. The van der Waals surface area contributed by atoms with Crippen molar-refractivity contribution in [3.63, 3.8) is 0 Å². The number of alkyl halides is 1. The molecule has 2 heterocycles. The number of rotatable bonds is 2. The fourth-order valence-electron chi connectivity index (χ4n) is 1.07. The van der Waals surface area contributed by atoms with Crippen LogP contribution in [-0.2, 0) is 4.74 Å². The molecule has 2 aromatic heterocycles. The van der Waals surface area contributed by atoms with Crippen molar-refractivity contribution in [3.8, 4) is 0 Å². The van der Waals surface area contributed by atoms with E-state index >= 15 is 0 Å². The van der Waals surface area contributed by atoms with Crippen molar-refractivity contribution in [2.45, 2.75) is 6.36 Å². The minimum absolute atomic E-state index is 0.171. The van der Waals surface area contributed by atoms with Crippen LogP contribution in [0.1, 0.15) is 12.1 Å². The van der Waals surface area contributed by atoms with Gasteiger partial charge in [-0.3, -0.25) is 0 Å². The number of hydrogen-bond acceptors (Lipinski definition) is 4. The van der Waals surface area contributed by atoms with E-state index in [2.05, 4.69) is 24.7 Å². The molecule has 0 fully saturated rings. The molecule has 0 bridgehead atoms. The van der Waals surface area contributed by atoms with Gasteiger partial charge in [-0.25, -0.2) is 19.3 Å². The quantitative estimate of drug-likeness (QED) is 0.751. The Labute approximate surface area is 73.0 Å². The topological polar surface area (TPSA) is 63.7 Å². The summed E-state index contributed by atoms with van der Waals surface area (Å²) in [5, 5.41) is 0. The lowest BCUT2D eigenvalue weighted by Gasteiger charge is -2.04. The van der Waals surface area contributed by atoms with Crippen molar-refractivity contribution in [3.05, 3.63) is 18.3 Å². The summed E-state index contributed by atoms with van der Waals surface area (Å²) in [6.07, 6.45) is 1.14. The Bertz CT molecular complexity index is 416. The zero-order valence-corrected chi connectivity index (χ0v) is 6.86. The van der Waals surface area contributed by atoms with E-state index < -0.39 is 6.36 Å². The summed E-state index contributed by atoms with van der Waals surface area (Å²) in [6.45, 7) is 0. The van der Waals surface area contributed by atoms with Crippen LogP contribution in [0.3, 0.4) is 0 Å². The summed E-state index contributed by atoms with van der Waals surface area (Å²) in [4.78, 5) is 14.2. The Kier molecular flexibility index (Phi) is 1.90. The highest BCUT2D eigenvalue weighted by molar-refractivity contribution is 5.72. The van der Waals surface area contributed by atoms with Crippen LogP contribution in [0.2, 0.25) is 0 Å². The molecule has 2 aromatic rings. The van der Waals surface area contributed by atoms with E-state index in [1.165, 1.54) is 19.8 Å². The Morgan fingerprint density at radius 2 is 2.31 bits per heavy atom. The number of methoxy groups -OCH3 is 1. The first-order valence-corrected chi connectivity index (χ1v) is 3.63. The maximum absolute atomic E-state index is 13.1. The predicted molar refractivity (Wildman–Crippen MR) is 42.5 cm³/mol. The lowest BCUT2D eigenvalue weighted by Crippen LogP contribution is -1.99. The Balaban J connectivity index is 2.60. The van der Waals surface area contributed by atoms with Gasteiger partial charge in [0, 0.05) is 7.11 Å². The van der Waals surface area contributed by atoms with Gasteiger partial charge in [0.25, 0.3) is 0 Å². The van der Waals surface area contributed by atoms with E-state index in [0.717, 1.165) is 0 Å². The molecule has 0 saturated carbocycles. The average molecular weight is 182 g/mol. The fourth-order valence-corrected chi connectivity index (χ4v) is 1.07. The highest BCUT2D eigenvalue weighted by Crippen LogP contribution is 2.20. The van der Waals surface area contributed by atoms with Gasteiger partial charge in [-0.1, -0.05) is 0 Å². The summed E-state index contributed by atoms with van der Waals surface area (Å²) >= 11 is 0. The minimum atomic E-state index is -1.55. The van der Waals surface area contributed by atoms with Crippen molar-refractivity contribution < 1.29 is 9.13 Å². The maximum Gasteiger partial charge on any atom is 0.244 e. The molecule has 0 saturated heterocycles. The van der Waals surface area contributed by atoms with E-state index in [1.807, 2.05) is 0 Å². The van der Waals surface area contributed by atoms with Crippen molar-refractivity contribution in [2.24, 2.45) is 0 Å². The number of ether oxygens (including phenoxy) is 1. The maximum atomic E-state index is 13.1. The molecular weight excluding hydrogens is 175 g/mol. The molecule has 13 heavy (non-hydrogen) atoms. The number of hydrogen-bond donors (Lipinski definition) is 1. The van der Waals surface area contributed by atoms with Gasteiger partial charge in [-0.05, 0) is 0 Å². The number of halogens is 1. The third-order valence-corrected chi connectivity index (χ3v) is 1.67. The first-order chi connectivity index (χ1) is 6.33. The summed E-state index contributed by atoms with van der Waals surface area (Å²) in [7, 11) is 1.27. The molecule has 0 spiro atoms. The second-order valence-electron chi connectivity index (χ2n) is 2.41. The van der Waals surface area contributed by atoms with Crippen molar-refractivity contribution in [1.82, 2.24) is 19.9 Å². The first-order valence-electron chi connectivity index (χ1n) is 3.63. The third-order valence-electron chi connectivity index (χ3n) is 1.67. The summed E-state index contributed by atoms with van der Waals surface area (Å²) in [5.74, 6) is 0. The number of aromatic amines is 1. The van der Waals surface area contributed by atoms with Crippen molar-refractivity contribution in [2.75, 3.05) is 7.11 Å². The molecule has 6 heteroatoms. The number of nitrogens with one attached hydrogen (secondary N) is 1. The first kappa shape index (κ1) is 8.06. The standard InChI is InChI=1S/C7H7FN4O/c1-13-6(8)4-5-7(11-2-9-4)12-3-10-5/h2-3,6H,1H3,(H,9,10,11,12). The van der Waals surface area contributed by atoms with Gasteiger partial charge in [0.15, 0.2) is 5.65 Å². The van der Waals surface area contributed by atoms with Crippen LogP contribution in [0.25, 0.3) is 11.2 Å². The number of H-pyrrole nitrogens is 1. The van der Waals surface area contributed by atoms with Crippen LogP contribution in [-0.4, -0.2) is 27.0 Å². The fraction of sp³-hybridized carbons (Fsp3) is 0.286. The van der Waals surface area contributed by atoms with Gasteiger partial charge in [0.05, 0.1) is 6.33 Å². The van der Waals surface area contributed by atoms with Gasteiger partial charge in [-0.15, -0.1) is 0 Å². The normalized spacial score (nSPS) is 13.4. The second-order valence-corrected chi connectivity index (χ2v) is 2.41. The van der Waals surface area contributed by atoms with E-state index in [1.54, 1.807) is 0 Å². The largest absolute Gasteiger partial charge is 0.347 e. The van der Waals surface area contributed by atoms with Crippen LogP contribution in [0, 0.1) is 0 Å². The van der Waals surface area contributed by atoms with Gasteiger partial charge < -0.3 is 9.72 Å². The zero-order chi connectivity index (χ0) is 9.26. The zero-order valence-electron chi connectivity index (χ0n) is 6.86. The average Bonchev–Trinajstić information content (AvgIpc) is 2.63.